The van der Waals surface area contributed by atoms with E-state index in [-0.39, 0.29) is 18.1 Å². The second-order valence-corrected chi connectivity index (χ2v) is 7.09. The van der Waals surface area contributed by atoms with E-state index in [1.54, 1.807) is 0 Å². The summed E-state index contributed by atoms with van der Waals surface area (Å²) in [5.74, 6) is 1.48. The number of carbonyl (C=O) groups is 1. The van der Waals surface area contributed by atoms with Crippen molar-refractivity contribution in [3.8, 4) is 0 Å². The first-order valence-electron chi connectivity index (χ1n) is 7.49. The van der Waals surface area contributed by atoms with E-state index in [1.807, 2.05) is 41.8 Å². The summed E-state index contributed by atoms with van der Waals surface area (Å²) in [6, 6.07) is 10.2. The first-order chi connectivity index (χ1) is 9.75. The summed E-state index contributed by atoms with van der Waals surface area (Å²) in [5, 5.41) is 4.03. The third-order valence-corrected chi connectivity index (χ3v) is 5.54. The maximum atomic E-state index is 12.4. The first kappa shape index (κ1) is 14.0. The zero-order valence-electron chi connectivity index (χ0n) is 11.9. The van der Waals surface area contributed by atoms with Crippen LogP contribution in [0, 0.1) is 0 Å². The highest BCUT2D eigenvalue weighted by molar-refractivity contribution is 7.99. The molecule has 1 aromatic carbocycles. The zero-order valence-corrected chi connectivity index (χ0v) is 12.7. The predicted octanol–water partition coefficient (Wildman–Crippen LogP) is 2.79. The van der Waals surface area contributed by atoms with Gasteiger partial charge in [0.15, 0.2) is 0 Å². The monoisotopic (exact) mass is 290 g/mol. The summed E-state index contributed by atoms with van der Waals surface area (Å²) in [6.07, 6.45) is 3.91. The number of benzene rings is 1. The Bertz CT molecular complexity index is 459. The number of thioether (sulfide) groups is 1. The highest BCUT2D eigenvalue weighted by Crippen LogP contribution is 2.31. The minimum Gasteiger partial charge on any atom is -0.320 e. The number of nitrogens with one attached hydrogen (secondary N) is 1. The molecule has 4 heteroatoms. The molecular weight excluding hydrogens is 268 g/mol. The predicted molar refractivity (Wildman–Crippen MR) is 83.6 cm³/mol. The largest absolute Gasteiger partial charge is 0.320 e. The number of carbonyl (C=O) groups excluding carboxylic acids is 1. The van der Waals surface area contributed by atoms with Crippen LogP contribution in [0.15, 0.2) is 30.3 Å². The van der Waals surface area contributed by atoms with E-state index in [0.717, 1.165) is 6.54 Å². The molecule has 2 fully saturated rings. The molecule has 1 aromatic rings. The van der Waals surface area contributed by atoms with Crippen LogP contribution in [0.4, 0.5) is 0 Å². The van der Waals surface area contributed by atoms with Crippen LogP contribution in [0.3, 0.4) is 0 Å². The number of nitrogens with zero attached hydrogens (tertiary/aromatic N) is 1. The molecule has 20 heavy (non-hydrogen) atoms. The van der Waals surface area contributed by atoms with Crippen LogP contribution in [-0.4, -0.2) is 34.4 Å². The van der Waals surface area contributed by atoms with Crippen molar-refractivity contribution in [3.63, 3.8) is 0 Å². The molecular formula is C16H22N2OS. The van der Waals surface area contributed by atoms with E-state index in [9.17, 15) is 4.79 Å². The van der Waals surface area contributed by atoms with Crippen molar-refractivity contribution in [3.05, 3.63) is 35.9 Å². The molecule has 2 aliphatic heterocycles. The average Bonchev–Trinajstić information content (AvgIpc) is 2.78. The van der Waals surface area contributed by atoms with Crippen molar-refractivity contribution in [2.75, 3.05) is 12.3 Å². The Morgan fingerprint density at radius 1 is 1.30 bits per heavy atom. The van der Waals surface area contributed by atoms with Crippen LogP contribution in [0.25, 0.3) is 0 Å². The van der Waals surface area contributed by atoms with Crippen molar-refractivity contribution in [2.45, 2.75) is 43.6 Å². The van der Waals surface area contributed by atoms with Crippen molar-refractivity contribution in [2.24, 2.45) is 0 Å². The van der Waals surface area contributed by atoms with E-state index in [1.165, 1.54) is 30.6 Å². The Labute approximate surface area is 125 Å². The van der Waals surface area contributed by atoms with Crippen molar-refractivity contribution in [1.82, 2.24) is 10.2 Å². The van der Waals surface area contributed by atoms with Crippen LogP contribution in [0.5, 0.6) is 0 Å². The number of amides is 1. The molecule has 3 unspecified atom stereocenters. The molecule has 3 atom stereocenters. The normalized spacial score (nSPS) is 30.8. The smallest absolute Gasteiger partial charge is 0.241 e. The minimum atomic E-state index is -0.0752. The van der Waals surface area contributed by atoms with Gasteiger partial charge in [0.2, 0.25) is 5.91 Å². The lowest BCUT2D eigenvalue weighted by atomic mass is 10.1. The fourth-order valence-electron chi connectivity index (χ4n) is 3.05. The lowest BCUT2D eigenvalue weighted by molar-refractivity contribution is -0.129. The van der Waals surface area contributed by atoms with E-state index < -0.39 is 0 Å². The van der Waals surface area contributed by atoms with Gasteiger partial charge < -0.3 is 4.90 Å². The molecule has 0 spiro atoms. The Hall–Kier alpha value is -1.00. The van der Waals surface area contributed by atoms with Gasteiger partial charge in [-0.2, -0.15) is 11.8 Å². The molecule has 0 radical (unpaired) electrons. The summed E-state index contributed by atoms with van der Waals surface area (Å²) in [6.45, 7) is 2.84. The molecule has 0 aliphatic carbocycles. The number of hydrogen-bond donors (Lipinski definition) is 1. The van der Waals surface area contributed by atoms with Gasteiger partial charge in [0.05, 0.1) is 6.04 Å². The van der Waals surface area contributed by atoms with Crippen molar-refractivity contribution >= 4 is 17.7 Å². The number of rotatable bonds is 3. The van der Waals surface area contributed by atoms with Crippen LogP contribution in [0.1, 0.15) is 37.9 Å². The van der Waals surface area contributed by atoms with Gasteiger partial charge >= 0.3 is 0 Å². The van der Waals surface area contributed by atoms with Crippen LogP contribution < -0.4 is 5.32 Å². The highest BCUT2D eigenvalue weighted by Gasteiger charge is 2.38. The molecule has 0 aromatic heterocycles. The summed E-state index contributed by atoms with van der Waals surface area (Å²) < 4.78 is 0. The molecule has 1 N–H and O–H groups in total. The Morgan fingerprint density at radius 2 is 2.10 bits per heavy atom. The zero-order chi connectivity index (χ0) is 13.9. The summed E-state index contributed by atoms with van der Waals surface area (Å²) >= 11 is 2.03. The Morgan fingerprint density at radius 3 is 2.80 bits per heavy atom. The molecule has 3 nitrogen and oxygen atoms in total. The van der Waals surface area contributed by atoms with Gasteiger partial charge in [-0.25, -0.2) is 0 Å². The molecule has 3 rings (SSSR count). The van der Waals surface area contributed by atoms with E-state index in [4.69, 9.17) is 0 Å². The van der Waals surface area contributed by atoms with Crippen LogP contribution in [-0.2, 0) is 4.79 Å². The fourth-order valence-corrected chi connectivity index (χ4v) is 4.36. The maximum Gasteiger partial charge on any atom is 0.241 e. The molecule has 0 bridgehead atoms. The van der Waals surface area contributed by atoms with Gasteiger partial charge in [-0.05, 0) is 31.1 Å². The molecule has 2 heterocycles. The quantitative estimate of drug-likeness (QED) is 0.929. The molecule has 2 aliphatic rings. The van der Waals surface area contributed by atoms with Gasteiger partial charge in [-0.15, -0.1) is 0 Å². The van der Waals surface area contributed by atoms with Gasteiger partial charge in [-0.3, -0.25) is 10.1 Å². The van der Waals surface area contributed by atoms with E-state index >= 15 is 0 Å². The Kier molecular flexibility index (Phi) is 4.32. The minimum absolute atomic E-state index is 0.0428. The summed E-state index contributed by atoms with van der Waals surface area (Å²) in [5.41, 5.74) is 1.19. The second-order valence-electron chi connectivity index (χ2n) is 5.68. The lowest BCUT2D eigenvalue weighted by Crippen LogP contribution is -2.37. The lowest BCUT2D eigenvalue weighted by Gasteiger charge is -2.30. The summed E-state index contributed by atoms with van der Waals surface area (Å²) in [4.78, 5) is 14.5. The van der Waals surface area contributed by atoms with Crippen LogP contribution >= 0.6 is 11.8 Å². The standard InChI is InChI=1S/C16H22N2OS/c1-12-16(19)18(11-14-9-5-6-10-20-14)15(17-12)13-7-3-2-4-8-13/h2-4,7-8,12,14-15,17H,5-6,9-11H2,1H3. The van der Waals surface area contributed by atoms with Gasteiger partial charge in [-0.1, -0.05) is 36.8 Å². The highest BCUT2D eigenvalue weighted by atomic mass is 32.2. The maximum absolute atomic E-state index is 12.4. The van der Waals surface area contributed by atoms with Gasteiger partial charge in [0.25, 0.3) is 0 Å². The number of hydrogen-bond acceptors (Lipinski definition) is 3. The van der Waals surface area contributed by atoms with E-state index in [0.29, 0.717) is 5.25 Å². The molecule has 1 amide bonds. The topological polar surface area (TPSA) is 32.3 Å². The van der Waals surface area contributed by atoms with Crippen LogP contribution in [0.2, 0.25) is 0 Å². The Balaban J connectivity index is 1.76. The fraction of sp³-hybridized carbons (Fsp3) is 0.562. The van der Waals surface area contributed by atoms with Crippen molar-refractivity contribution in [1.29, 1.82) is 0 Å². The van der Waals surface area contributed by atoms with Gasteiger partial charge in [0.1, 0.15) is 6.17 Å². The second kappa shape index (κ2) is 6.19. The summed E-state index contributed by atoms with van der Waals surface area (Å²) in [7, 11) is 0. The third-order valence-electron chi connectivity index (χ3n) is 4.16. The molecule has 2 saturated heterocycles. The van der Waals surface area contributed by atoms with Crippen molar-refractivity contribution < 1.29 is 4.79 Å². The molecule has 0 saturated carbocycles. The third kappa shape index (κ3) is 2.86. The molecule has 108 valence electrons. The first-order valence-corrected chi connectivity index (χ1v) is 8.53. The SMILES string of the molecule is CC1NC(c2ccccc2)N(CC2CCCCS2)C1=O. The van der Waals surface area contributed by atoms with Gasteiger partial charge in [0, 0.05) is 11.8 Å². The van der Waals surface area contributed by atoms with E-state index in [2.05, 4.69) is 17.4 Å². The average molecular weight is 290 g/mol.